The summed E-state index contributed by atoms with van der Waals surface area (Å²) in [6, 6.07) is 0.734. The van der Waals surface area contributed by atoms with Crippen molar-refractivity contribution in [1.82, 2.24) is 10.2 Å². The second kappa shape index (κ2) is 8.08. The van der Waals surface area contributed by atoms with Gasteiger partial charge in [0.15, 0.2) is 0 Å². The highest BCUT2D eigenvalue weighted by Crippen LogP contribution is 2.11. The zero-order valence-electron chi connectivity index (χ0n) is 10.0. The average Bonchev–Trinajstić information content (AvgIpc) is 2.29. The van der Waals surface area contributed by atoms with Crippen molar-refractivity contribution in [3.8, 4) is 0 Å². The Morgan fingerprint density at radius 1 is 1.33 bits per heavy atom. The van der Waals surface area contributed by atoms with Crippen molar-refractivity contribution in [1.29, 1.82) is 0 Å². The predicted octanol–water partition coefficient (Wildman–Crippen LogP) is 1.22. The molecule has 90 valence electrons. The lowest BCUT2D eigenvalue weighted by molar-refractivity contribution is 0.158. The molecule has 1 saturated heterocycles. The summed E-state index contributed by atoms with van der Waals surface area (Å²) < 4.78 is 0. The highest BCUT2D eigenvalue weighted by Gasteiger charge is 2.19. The maximum atomic E-state index is 8.79. The van der Waals surface area contributed by atoms with Gasteiger partial charge >= 0.3 is 0 Å². The van der Waals surface area contributed by atoms with Gasteiger partial charge < -0.3 is 10.4 Å². The van der Waals surface area contributed by atoms with E-state index in [-0.39, 0.29) is 0 Å². The largest absolute Gasteiger partial charge is 0.396 e. The number of nitrogens with zero attached hydrogens (tertiary/aromatic N) is 1. The molecule has 0 aromatic rings. The Bertz CT molecular complexity index is 147. The maximum Gasteiger partial charge on any atom is 0.0431 e. The third kappa shape index (κ3) is 4.96. The topological polar surface area (TPSA) is 35.5 Å². The lowest BCUT2D eigenvalue weighted by Gasteiger charge is -2.34. The van der Waals surface area contributed by atoms with Gasteiger partial charge in [0.1, 0.15) is 0 Å². The number of nitrogens with one attached hydrogen (secondary N) is 1. The Morgan fingerprint density at radius 2 is 2.20 bits per heavy atom. The summed E-state index contributed by atoms with van der Waals surface area (Å²) in [4.78, 5) is 2.60. The van der Waals surface area contributed by atoms with E-state index in [1.807, 2.05) is 0 Å². The van der Waals surface area contributed by atoms with Crippen LogP contribution in [0.15, 0.2) is 0 Å². The molecule has 1 unspecified atom stereocenters. The fourth-order valence-electron chi connectivity index (χ4n) is 2.34. The van der Waals surface area contributed by atoms with E-state index in [0.29, 0.717) is 6.61 Å². The number of hydrogen-bond acceptors (Lipinski definition) is 3. The number of hydrogen-bond donors (Lipinski definition) is 2. The van der Waals surface area contributed by atoms with Gasteiger partial charge in [0.2, 0.25) is 0 Å². The molecule has 3 heteroatoms. The van der Waals surface area contributed by atoms with E-state index < -0.39 is 0 Å². The lowest BCUT2D eigenvalue weighted by Crippen LogP contribution is -2.46. The van der Waals surface area contributed by atoms with Crippen LogP contribution in [-0.2, 0) is 0 Å². The Hall–Kier alpha value is -0.120. The molecular formula is C12H26N2O. The zero-order valence-corrected chi connectivity index (χ0v) is 10.0. The van der Waals surface area contributed by atoms with Crippen molar-refractivity contribution in [2.45, 2.75) is 45.1 Å². The summed E-state index contributed by atoms with van der Waals surface area (Å²) in [5, 5.41) is 12.3. The van der Waals surface area contributed by atoms with Gasteiger partial charge in [-0.3, -0.25) is 4.90 Å². The molecule has 1 heterocycles. The Kier molecular flexibility index (Phi) is 6.98. The summed E-state index contributed by atoms with van der Waals surface area (Å²) in [6.07, 6.45) is 5.96. The third-order valence-electron chi connectivity index (χ3n) is 3.15. The molecule has 0 saturated carbocycles. The Labute approximate surface area is 93.9 Å². The molecule has 1 atom stereocenters. The number of piperidine rings is 1. The molecule has 2 N–H and O–H groups in total. The fourth-order valence-corrected chi connectivity index (χ4v) is 2.34. The minimum absolute atomic E-state index is 0.336. The molecule has 1 fully saturated rings. The van der Waals surface area contributed by atoms with Crippen molar-refractivity contribution < 1.29 is 5.11 Å². The first kappa shape index (κ1) is 12.9. The second-order valence-corrected chi connectivity index (χ2v) is 4.47. The van der Waals surface area contributed by atoms with Crippen LogP contribution < -0.4 is 5.32 Å². The van der Waals surface area contributed by atoms with E-state index >= 15 is 0 Å². The Balaban J connectivity index is 2.26. The van der Waals surface area contributed by atoms with Crippen LogP contribution >= 0.6 is 0 Å². The minimum atomic E-state index is 0.336. The predicted molar refractivity (Wildman–Crippen MR) is 64.1 cm³/mol. The SMILES string of the molecule is CCCN(CCCCO)C1CCCNC1. The van der Waals surface area contributed by atoms with Crippen LogP contribution in [0.3, 0.4) is 0 Å². The Morgan fingerprint density at radius 3 is 2.80 bits per heavy atom. The summed E-state index contributed by atoms with van der Waals surface area (Å²) >= 11 is 0. The highest BCUT2D eigenvalue weighted by atomic mass is 16.2. The summed E-state index contributed by atoms with van der Waals surface area (Å²) in [6.45, 7) is 7.28. The summed E-state index contributed by atoms with van der Waals surface area (Å²) in [7, 11) is 0. The standard InChI is InChI=1S/C12H26N2O/c1-2-8-14(9-3-4-10-15)12-6-5-7-13-11-12/h12-13,15H,2-11H2,1H3. The molecule has 1 aliphatic rings. The monoisotopic (exact) mass is 214 g/mol. The van der Waals surface area contributed by atoms with Crippen LogP contribution in [0.5, 0.6) is 0 Å². The van der Waals surface area contributed by atoms with E-state index in [1.54, 1.807) is 0 Å². The number of aliphatic hydroxyl groups is 1. The molecule has 15 heavy (non-hydrogen) atoms. The quantitative estimate of drug-likeness (QED) is 0.626. The van der Waals surface area contributed by atoms with Crippen molar-refractivity contribution in [3.05, 3.63) is 0 Å². The van der Waals surface area contributed by atoms with Crippen LogP contribution in [0.25, 0.3) is 0 Å². The highest BCUT2D eigenvalue weighted by molar-refractivity contribution is 4.78. The van der Waals surface area contributed by atoms with E-state index in [2.05, 4.69) is 17.1 Å². The van der Waals surface area contributed by atoms with E-state index in [0.717, 1.165) is 32.0 Å². The lowest BCUT2D eigenvalue weighted by atomic mass is 10.1. The first-order chi connectivity index (χ1) is 7.38. The molecule has 0 spiro atoms. The first-order valence-corrected chi connectivity index (χ1v) is 6.44. The van der Waals surface area contributed by atoms with Gasteiger partial charge in [0.25, 0.3) is 0 Å². The molecule has 1 aliphatic heterocycles. The van der Waals surface area contributed by atoms with Gasteiger partial charge in [0, 0.05) is 19.2 Å². The van der Waals surface area contributed by atoms with E-state index in [1.165, 1.54) is 32.4 Å². The van der Waals surface area contributed by atoms with Crippen LogP contribution in [0, 0.1) is 0 Å². The van der Waals surface area contributed by atoms with E-state index in [9.17, 15) is 0 Å². The first-order valence-electron chi connectivity index (χ1n) is 6.44. The fraction of sp³-hybridized carbons (Fsp3) is 1.00. The molecule has 0 amide bonds. The van der Waals surface area contributed by atoms with Gasteiger partial charge in [0.05, 0.1) is 0 Å². The molecular weight excluding hydrogens is 188 g/mol. The van der Waals surface area contributed by atoms with E-state index in [4.69, 9.17) is 5.11 Å². The minimum Gasteiger partial charge on any atom is -0.396 e. The average molecular weight is 214 g/mol. The smallest absolute Gasteiger partial charge is 0.0431 e. The third-order valence-corrected chi connectivity index (χ3v) is 3.15. The molecule has 0 aliphatic carbocycles. The number of unbranched alkanes of at least 4 members (excludes halogenated alkanes) is 1. The molecule has 1 rings (SSSR count). The molecule has 0 aromatic heterocycles. The summed E-state index contributed by atoms with van der Waals surface area (Å²) in [5.41, 5.74) is 0. The molecule has 0 aromatic carbocycles. The summed E-state index contributed by atoms with van der Waals surface area (Å²) in [5.74, 6) is 0. The van der Waals surface area contributed by atoms with Gasteiger partial charge in [-0.2, -0.15) is 0 Å². The van der Waals surface area contributed by atoms with Crippen LogP contribution in [0.1, 0.15) is 39.0 Å². The van der Waals surface area contributed by atoms with Gasteiger partial charge in [-0.25, -0.2) is 0 Å². The number of aliphatic hydroxyl groups excluding tert-OH is 1. The zero-order chi connectivity index (χ0) is 10.9. The maximum absolute atomic E-state index is 8.79. The molecule has 0 radical (unpaired) electrons. The van der Waals surface area contributed by atoms with Gasteiger partial charge in [-0.1, -0.05) is 6.92 Å². The van der Waals surface area contributed by atoms with Crippen molar-refractivity contribution >= 4 is 0 Å². The van der Waals surface area contributed by atoms with Crippen molar-refractivity contribution in [3.63, 3.8) is 0 Å². The van der Waals surface area contributed by atoms with Crippen LogP contribution in [0.4, 0.5) is 0 Å². The van der Waals surface area contributed by atoms with Gasteiger partial charge in [-0.05, 0) is 51.7 Å². The van der Waals surface area contributed by atoms with Crippen molar-refractivity contribution in [2.24, 2.45) is 0 Å². The number of rotatable bonds is 7. The second-order valence-electron chi connectivity index (χ2n) is 4.47. The van der Waals surface area contributed by atoms with Crippen molar-refractivity contribution in [2.75, 3.05) is 32.8 Å². The van der Waals surface area contributed by atoms with Gasteiger partial charge in [-0.15, -0.1) is 0 Å². The molecule has 3 nitrogen and oxygen atoms in total. The molecule has 0 bridgehead atoms. The van der Waals surface area contributed by atoms with Crippen LogP contribution in [-0.4, -0.2) is 48.8 Å². The van der Waals surface area contributed by atoms with Crippen LogP contribution in [0.2, 0.25) is 0 Å². The normalized spacial score (nSPS) is 22.2.